The van der Waals surface area contributed by atoms with Gasteiger partial charge in [-0.2, -0.15) is 0 Å². The van der Waals surface area contributed by atoms with Crippen molar-refractivity contribution in [1.82, 2.24) is 10.2 Å². The number of amides is 2. The van der Waals surface area contributed by atoms with Crippen molar-refractivity contribution in [3.05, 3.63) is 58.6 Å². The third-order valence-corrected chi connectivity index (χ3v) is 7.15. The van der Waals surface area contributed by atoms with Gasteiger partial charge in [0.2, 0.25) is 5.91 Å². The van der Waals surface area contributed by atoms with Gasteiger partial charge in [-0.3, -0.25) is 14.3 Å². The Morgan fingerprint density at radius 2 is 1.77 bits per heavy atom. The van der Waals surface area contributed by atoms with Gasteiger partial charge in [0.15, 0.2) is 0 Å². The number of hydrogen-bond acceptors (Lipinski definition) is 4. The minimum absolute atomic E-state index is 0.101. The Kier molecular flexibility index (Phi) is 5.84. The second-order valence-electron chi connectivity index (χ2n) is 7.58. The number of rotatable bonds is 6. The predicted molar refractivity (Wildman–Crippen MR) is 117 cm³/mol. The zero-order chi connectivity index (χ0) is 21.3. The largest absolute Gasteiger partial charge is 0.352 e. The number of anilines is 1. The summed E-state index contributed by atoms with van der Waals surface area (Å²) >= 11 is 3.28. The number of halogens is 1. The van der Waals surface area contributed by atoms with Gasteiger partial charge in [0.25, 0.3) is 15.9 Å². The summed E-state index contributed by atoms with van der Waals surface area (Å²) in [4.78, 5) is 27.2. The fourth-order valence-electron chi connectivity index (χ4n) is 3.52. The van der Waals surface area contributed by atoms with E-state index >= 15 is 0 Å². The first-order chi connectivity index (χ1) is 14.3. The summed E-state index contributed by atoms with van der Waals surface area (Å²) in [6.07, 6.45) is 3.39. The van der Waals surface area contributed by atoms with Gasteiger partial charge in [-0.25, -0.2) is 8.42 Å². The van der Waals surface area contributed by atoms with E-state index in [1.165, 1.54) is 18.2 Å². The standard InChI is InChI=1S/C21H22BrN3O4S/c22-15-6-10-18(11-7-15)30(28,29)24-17-4-1-3-14(13-17)21(27)25-12-2-5-19(25)20(26)23-16-8-9-16/h1,3-4,6-7,10-11,13,16,19,24H,2,5,8-9,12H2,(H,23,26). The highest BCUT2D eigenvalue weighted by Crippen LogP contribution is 2.25. The number of carbonyl (C=O) groups is 2. The molecule has 1 aliphatic heterocycles. The first-order valence-electron chi connectivity index (χ1n) is 9.83. The van der Waals surface area contributed by atoms with Crippen LogP contribution in [0.4, 0.5) is 5.69 Å². The van der Waals surface area contributed by atoms with Crippen LogP contribution in [0.3, 0.4) is 0 Å². The van der Waals surface area contributed by atoms with E-state index in [1.807, 2.05) is 0 Å². The molecule has 2 aliphatic rings. The van der Waals surface area contributed by atoms with Gasteiger partial charge in [0.1, 0.15) is 6.04 Å². The fourth-order valence-corrected chi connectivity index (χ4v) is 4.83. The SMILES string of the molecule is O=C(NC1CC1)C1CCCN1C(=O)c1cccc(NS(=O)(=O)c2ccc(Br)cc2)c1. The Bertz CT molecular complexity index is 1070. The lowest BCUT2D eigenvalue weighted by atomic mass is 10.1. The van der Waals surface area contributed by atoms with Crippen LogP contribution in [0.2, 0.25) is 0 Å². The molecule has 2 fully saturated rings. The van der Waals surface area contributed by atoms with Gasteiger partial charge in [-0.05, 0) is 68.1 Å². The molecule has 0 bridgehead atoms. The molecule has 9 heteroatoms. The van der Waals surface area contributed by atoms with Crippen molar-refractivity contribution in [2.45, 2.75) is 42.7 Å². The lowest BCUT2D eigenvalue weighted by Gasteiger charge is -2.24. The highest BCUT2D eigenvalue weighted by molar-refractivity contribution is 9.10. The topological polar surface area (TPSA) is 95.6 Å². The number of nitrogens with zero attached hydrogens (tertiary/aromatic N) is 1. The summed E-state index contributed by atoms with van der Waals surface area (Å²) < 4.78 is 28.5. The molecule has 1 unspecified atom stereocenters. The molecule has 1 atom stereocenters. The fraction of sp³-hybridized carbons (Fsp3) is 0.333. The van der Waals surface area contributed by atoms with Crippen molar-refractivity contribution < 1.29 is 18.0 Å². The first-order valence-corrected chi connectivity index (χ1v) is 12.1. The van der Waals surface area contributed by atoms with Crippen LogP contribution in [0.1, 0.15) is 36.0 Å². The quantitative estimate of drug-likeness (QED) is 0.648. The van der Waals surface area contributed by atoms with E-state index < -0.39 is 16.1 Å². The van der Waals surface area contributed by atoms with Crippen molar-refractivity contribution in [2.75, 3.05) is 11.3 Å². The number of hydrogen-bond donors (Lipinski definition) is 2. The molecule has 2 amide bonds. The Balaban J connectivity index is 1.50. The second kappa shape index (κ2) is 8.39. The first kappa shape index (κ1) is 20.9. The molecule has 1 heterocycles. The number of sulfonamides is 1. The van der Waals surface area contributed by atoms with E-state index in [2.05, 4.69) is 26.0 Å². The third-order valence-electron chi connectivity index (χ3n) is 5.23. The Morgan fingerprint density at radius 3 is 2.47 bits per heavy atom. The molecule has 2 aromatic carbocycles. The maximum Gasteiger partial charge on any atom is 0.261 e. The van der Waals surface area contributed by atoms with Gasteiger partial charge in [-0.15, -0.1) is 0 Å². The normalized spacial score (nSPS) is 18.8. The highest BCUT2D eigenvalue weighted by atomic mass is 79.9. The molecule has 1 saturated heterocycles. The average Bonchev–Trinajstić information content (AvgIpc) is 3.39. The Labute approximate surface area is 184 Å². The van der Waals surface area contributed by atoms with Gasteiger partial charge in [0, 0.05) is 28.3 Å². The molecular formula is C21H22BrN3O4S. The zero-order valence-corrected chi connectivity index (χ0v) is 18.6. The molecule has 2 aromatic rings. The van der Waals surface area contributed by atoms with E-state index in [-0.39, 0.29) is 22.8 Å². The van der Waals surface area contributed by atoms with Crippen LogP contribution in [0.25, 0.3) is 0 Å². The Hall–Kier alpha value is -2.39. The van der Waals surface area contributed by atoms with Gasteiger partial charge >= 0.3 is 0 Å². The van der Waals surface area contributed by atoms with Crippen LogP contribution in [-0.2, 0) is 14.8 Å². The summed E-state index contributed by atoms with van der Waals surface area (Å²) in [6, 6.07) is 12.4. The lowest BCUT2D eigenvalue weighted by Crippen LogP contribution is -2.46. The third kappa shape index (κ3) is 4.67. The molecule has 0 spiro atoms. The molecule has 158 valence electrons. The van der Waals surface area contributed by atoms with Crippen molar-refractivity contribution >= 4 is 43.5 Å². The van der Waals surface area contributed by atoms with Crippen LogP contribution in [0, 0.1) is 0 Å². The van der Waals surface area contributed by atoms with Crippen molar-refractivity contribution in [1.29, 1.82) is 0 Å². The van der Waals surface area contributed by atoms with E-state index in [9.17, 15) is 18.0 Å². The summed E-state index contributed by atoms with van der Waals surface area (Å²) in [5.74, 6) is -0.372. The van der Waals surface area contributed by atoms with Crippen molar-refractivity contribution in [3.8, 4) is 0 Å². The van der Waals surface area contributed by atoms with Gasteiger partial charge in [-0.1, -0.05) is 22.0 Å². The van der Waals surface area contributed by atoms with E-state index in [1.54, 1.807) is 35.2 Å². The summed E-state index contributed by atoms with van der Waals surface area (Å²) in [6.45, 7) is 0.510. The van der Waals surface area contributed by atoms with Crippen LogP contribution in [0.15, 0.2) is 57.9 Å². The average molecular weight is 492 g/mol. The molecule has 30 heavy (non-hydrogen) atoms. The summed E-state index contributed by atoms with van der Waals surface area (Å²) in [7, 11) is -3.78. The minimum Gasteiger partial charge on any atom is -0.352 e. The minimum atomic E-state index is -3.78. The molecule has 1 aliphatic carbocycles. The smallest absolute Gasteiger partial charge is 0.261 e. The van der Waals surface area contributed by atoms with Crippen molar-refractivity contribution in [3.63, 3.8) is 0 Å². The van der Waals surface area contributed by atoms with E-state index in [0.29, 0.717) is 24.2 Å². The Morgan fingerprint density at radius 1 is 1.03 bits per heavy atom. The maximum atomic E-state index is 13.1. The predicted octanol–water partition coefficient (Wildman–Crippen LogP) is 3.13. The number of benzene rings is 2. The van der Waals surface area contributed by atoms with E-state index in [0.717, 1.165) is 23.7 Å². The molecule has 4 rings (SSSR count). The van der Waals surface area contributed by atoms with Crippen LogP contribution < -0.4 is 10.0 Å². The molecule has 0 radical (unpaired) electrons. The molecular weight excluding hydrogens is 470 g/mol. The number of carbonyl (C=O) groups excluding carboxylic acids is 2. The van der Waals surface area contributed by atoms with Crippen LogP contribution in [-0.4, -0.2) is 43.8 Å². The van der Waals surface area contributed by atoms with E-state index in [4.69, 9.17) is 0 Å². The molecule has 7 nitrogen and oxygen atoms in total. The van der Waals surface area contributed by atoms with Crippen LogP contribution >= 0.6 is 15.9 Å². The van der Waals surface area contributed by atoms with Crippen molar-refractivity contribution in [2.24, 2.45) is 0 Å². The number of likely N-dealkylation sites (tertiary alicyclic amines) is 1. The lowest BCUT2D eigenvalue weighted by molar-refractivity contribution is -0.125. The van der Waals surface area contributed by atoms with Gasteiger partial charge < -0.3 is 10.2 Å². The highest BCUT2D eigenvalue weighted by Gasteiger charge is 2.36. The molecule has 2 N–H and O–H groups in total. The summed E-state index contributed by atoms with van der Waals surface area (Å²) in [5.41, 5.74) is 0.638. The van der Waals surface area contributed by atoms with Gasteiger partial charge in [0.05, 0.1) is 4.90 Å². The van der Waals surface area contributed by atoms with Crippen LogP contribution in [0.5, 0.6) is 0 Å². The summed E-state index contributed by atoms with van der Waals surface area (Å²) in [5, 5.41) is 2.97. The second-order valence-corrected chi connectivity index (χ2v) is 10.2. The monoisotopic (exact) mass is 491 g/mol. The maximum absolute atomic E-state index is 13.1. The molecule has 0 aromatic heterocycles. The number of nitrogens with one attached hydrogen (secondary N) is 2. The zero-order valence-electron chi connectivity index (χ0n) is 16.2. The molecule has 1 saturated carbocycles.